The van der Waals surface area contributed by atoms with Gasteiger partial charge in [0, 0.05) is 23.6 Å². The van der Waals surface area contributed by atoms with Crippen molar-refractivity contribution >= 4 is 23.4 Å². The molecule has 1 N–H and O–H groups in total. The molecule has 0 fully saturated rings. The zero-order valence-corrected chi connectivity index (χ0v) is 18.2. The summed E-state index contributed by atoms with van der Waals surface area (Å²) in [5, 5.41) is 11.1. The second-order valence-electron chi connectivity index (χ2n) is 7.10. The summed E-state index contributed by atoms with van der Waals surface area (Å²) in [5.74, 6) is -0.153. The average molecular weight is 469 g/mol. The lowest BCUT2D eigenvalue weighted by Gasteiger charge is -2.16. The monoisotopic (exact) mass is 469 g/mol. The molecule has 168 valence electrons. The maximum Gasteiger partial charge on any atom is 0.418 e. The number of nitrogens with one attached hydrogen (secondary N) is 1. The molecule has 0 atom stereocenters. The van der Waals surface area contributed by atoms with E-state index < -0.39 is 11.7 Å². The highest BCUT2D eigenvalue weighted by atomic mass is 32.2. The summed E-state index contributed by atoms with van der Waals surface area (Å²) < 4.78 is 42.6. The fourth-order valence-corrected chi connectivity index (χ4v) is 3.89. The van der Waals surface area contributed by atoms with Crippen LogP contribution < -0.4 is 5.32 Å². The molecular formula is C23H18F3N5OS. The van der Waals surface area contributed by atoms with Crippen molar-refractivity contribution < 1.29 is 18.0 Å². The number of alkyl halides is 3. The Bertz CT molecular complexity index is 1260. The van der Waals surface area contributed by atoms with E-state index in [2.05, 4.69) is 20.5 Å². The highest BCUT2D eigenvalue weighted by molar-refractivity contribution is 7.99. The summed E-state index contributed by atoms with van der Waals surface area (Å²) in [6.45, 7) is 1.94. The van der Waals surface area contributed by atoms with E-state index in [0.29, 0.717) is 11.3 Å². The molecular weight excluding hydrogens is 451 g/mol. The molecule has 6 nitrogen and oxygen atoms in total. The Balaban J connectivity index is 1.68. The zero-order chi connectivity index (χ0) is 23.4. The minimum Gasteiger partial charge on any atom is -0.325 e. The zero-order valence-electron chi connectivity index (χ0n) is 17.4. The van der Waals surface area contributed by atoms with Crippen LogP contribution in [0.2, 0.25) is 0 Å². The van der Waals surface area contributed by atoms with Gasteiger partial charge in [-0.3, -0.25) is 14.3 Å². The van der Waals surface area contributed by atoms with Crippen molar-refractivity contribution in [2.45, 2.75) is 18.3 Å². The molecule has 0 aliphatic rings. The molecule has 0 radical (unpaired) electrons. The Morgan fingerprint density at radius 1 is 1.00 bits per heavy atom. The van der Waals surface area contributed by atoms with Gasteiger partial charge in [0.15, 0.2) is 11.0 Å². The number of aromatic nitrogens is 4. The van der Waals surface area contributed by atoms with Crippen LogP contribution in [0.5, 0.6) is 0 Å². The number of amides is 1. The summed E-state index contributed by atoms with van der Waals surface area (Å²) >= 11 is 1.00. The van der Waals surface area contributed by atoms with Crippen molar-refractivity contribution in [1.29, 1.82) is 0 Å². The normalized spacial score (nSPS) is 11.4. The number of thioether (sulfide) groups is 1. The molecule has 0 aliphatic heterocycles. The third-order valence-electron chi connectivity index (χ3n) is 4.69. The van der Waals surface area contributed by atoms with Crippen molar-refractivity contribution in [2.24, 2.45) is 0 Å². The second kappa shape index (κ2) is 9.45. The topological polar surface area (TPSA) is 72.7 Å². The average Bonchev–Trinajstić information content (AvgIpc) is 3.23. The number of aryl methyl sites for hydroxylation is 1. The number of benzene rings is 2. The first-order valence-corrected chi connectivity index (χ1v) is 10.8. The number of rotatable bonds is 6. The van der Waals surface area contributed by atoms with Crippen LogP contribution in [-0.4, -0.2) is 31.4 Å². The van der Waals surface area contributed by atoms with Crippen molar-refractivity contribution in [3.05, 3.63) is 84.2 Å². The van der Waals surface area contributed by atoms with Crippen LogP contribution in [0, 0.1) is 6.92 Å². The summed E-state index contributed by atoms with van der Waals surface area (Å²) in [7, 11) is 0. The van der Waals surface area contributed by atoms with Crippen LogP contribution in [0.1, 0.15) is 11.1 Å². The van der Waals surface area contributed by atoms with Gasteiger partial charge in [-0.05, 0) is 43.3 Å². The molecule has 2 heterocycles. The van der Waals surface area contributed by atoms with Crippen LogP contribution in [0.25, 0.3) is 17.1 Å². The molecule has 33 heavy (non-hydrogen) atoms. The smallest absolute Gasteiger partial charge is 0.325 e. The molecule has 10 heteroatoms. The fourth-order valence-electron chi connectivity index (χ4n) is 3.14. The number of anilines is 1. The van der Waals surface area contributed by atoms with Crippen molar-refractivity contribution in [3.8, 4) is 17.1 Å². The fraction of sp³-hybridized carbons (Fsp3) is 0.130. The summed E-state index contributed by atoms with van der Waals surface area (Å²) in [6.07, 6.45) is -1.54. The Hall–Kier alpha value is -3.66. The maximum absolute atomic E-state index is 13.8. The number of hydrogen-bond donors (Lipinski definition) is 1. The Morgan fingerprint density at radius 2 is 1.70 bits per heavy atom. The highest BCUT2D eigenvalue weighted by Gasteiger charge is 2.35. The quantitative estimate of drug-likeness (QED) is 0.384. The van der Waals surface area contributed by atoms with Gasteiger partial charge in [0.25, 0.3) is 0 Å². The molecule has 2 aromatic carbocycles. The predicted molar refractivity (Wildman–Crippen MR) is 120 cm³/mol. The number of pyridine rings is 1. The molecule has 0 spiro atoms. The molecule has 0 bridgehead atoms. The molecule has 0 aliphatic carbocycles. The minimum absolute atomic E-state index is 0.0590. The van der Waals surface area contributed by atoms with Crippen LogP contribution in [0.15, 0.2) is 78.2 Å². The molecule has 4 aromatic rings. The summed E-state index contributed by atoms with van der Waals surface area (Å²) in [5.41, 5.74) is 1.29. The van der Waals surface area contributed by atoms with Gasteiger partial charge in [0.05, 0.1) is 17.0 Å². The second-order valence-corrected chi connectivity index (χ2v) is 8.04. The lowest BCUT2D eigenvalue weighted by atomic mass is 10.1. The van der Waals surface area contributed by atoms with Gasteiger partial charge in [-0.2, -0.15) is 13.2 Å². The van der Waals surface area contributed by atoms with E-state index in [0.717, 1.165) is 23.4 Å². The van der Waals surface area contributed by atoms with E-state index in [-0.39, 0.29) is 28.3 Å². The number of carbonyl (C=O) groups is 1. The lowest BCUT2D eigenvalue weighted by molar-refractivity contribution is -0.137. The lowest BCUT2D eigenvalue weighted by Crippen LogP contribution is -2.15. The predicted octanol–water partition coefficient (Wildman–Crippen LogP) is 5.39. The number of carbonyl (C=O) groups excluding carboxylic acids is 1. The van der Waals surface area contributed by atoms with Gasteiger partial charge in [0.1, 0.15) is 0 Å². The number of halogens is 3. The first-order valence-electron chi connectivity index (χ1n) is 9.84. The number of nitrogens with zero attached hydrogens (tertiary/aromatic N) is 4. The number of hydrogen-bond acceptors (Lipinski definition) is 5. The minimum atomic E-state index is -4.58. The first kappa shape index (κ1) is 22.5. The van der Waals surface area contributed by atoms with E-state index in [1.165, 1.54) is 35.2 Å². The van der Waals surface area contributed by atoms with E-state index in [9.17, 15) is 18.0 Å². The van der Waals surface area contributed by atoms with Gasteiger partial charge < -0.3 is 5.32 Å². The Labute approximate surface area is 191 Å². The molecule has 1 amide bonds. The third-order valence-corrected chi connectivity index (χ3v) is 5.62. The van der Waals surface area contributed by atoms with E-state index in [4.69, 9.17) is 0 Å². The van der Waals surface area contributed by atoms with E-state index in [1.54, 1.807) is 24.3 Å². The van der Waals surface area contributed by atoms with Crippen LogP contribution in [0.4, 0.5) is 18.9 Å². The van der Waals surface area contributed by atoms with Crippen molar-refractivity contribution in [2.75, 3.05) is 11.1 Å². The SMILES string of the molecule is Cc1ccc(NC(=O)CSc2nnc(-c3ccncc3)n2-c2ccccc2C(F)(F)F)cc1. The van der Waals surface area contributed by atoms with Crippen LogP contribution >= 0.6 is 11.8 Å². The van der Waals surface area contributed by atoms with Gasteiger partial charge in [-0.15, -0.1) is 10.2 Å². The van der Waals surface area contributed by atoms with Gasteiger partial charge in [0.2, 0.25) is 5.91 Å². The van der Waals surface area contributed by atoms with E-state index in [1.807, 2.05) is 19.1 Å². The number of para-hydroxylation sites is 1. The van der Waals surface area contributed by atoms with Crippen LogP contribution in [0.3, 0.4) is 0 Å². The molecule has 2 aromatic heterocycles. The van der Waals surface area contributed by atoms with Crippen molar-refractivity contribution in [1.82, 2.24) is 19.7 Å². The van der Waals surface area contributed by atoms with Gasteiger partial charge in [-0.25, -0.2) is 0 Å². The summed E-state index contributed by atoms with van der Waals surface area (Å²) in [4.78, 5) is 16.4. The van der Waals surface area contributed by atoms with Crippen molar-refractivity contribution in [3.63, 3.8) is 0 Å². The maximum atomic E-state index is 13.8. The Kier molecular flexibility index (Phi) is 6.45. The summed E-state index contributed by atoms with van der Waals surface area (Å²) in [6, 6.07) is 15.8. The molecule has 0 saturated carbocycles. The third kappa shape index (κ3) is 5.23. The van der Waals surface area contributed by atoms with Crippen LogP contribution in [-0.2, 0) is 11.0 Å². The molecule has 0 saturated heterocycles. The van der Waals surface area contributed by atoms with Gasteiger partial charge >= 0.3 is 6.18 Å². The standard InChI is InChI=1S/C23H18F3N5OS/c1-15-6-8-17(9-7-15)28-20(32)14-33-22-30-29-21(16-10-12-27-13-11-16)31(22)19-5-3-2-4-18(19)23(24,25)26/h2-13H,14H2,1H3,(H,28,32). The highest BCUT2D eigenvalue weighted by Crippen LogP contribution is 2.37. The largest absolute Gasteiger partial charge is 0.418 e. The molecule has 4 rings (SSSR count). The van der Waals surface area contributed by atoms with Gasteiger partial charge in [-0.1, -0.05) is 41.6 Å². The Morgan fingerprint density at radius 3 is 2.39 bits per heavy atom. The molecule has 0 unspecified atom stereocenters. The van der Waals surface area contributed by atoms with E-state index >= 15 is 0 Å². The first-order chi connectivity index (χ1) is 15.8.